The number of fused-ring (bicyclic) bond motifs is 2. The zero-order chi connectivity index (χ0) is 20.7. The summed E-state index contributed by atoms with van der Waals surface area (Å²) in [6.07, 6.45) is 3.02. The smallest absolute Gasteiger partial charge is 0.343 e. The number of thioether (sulfide) groups is 1. The summed E-state index contributed by atoms with van der Waals surface area (Å²) in [6, 6.07) is 13.5. The third kappa shape index (κ3) is 3.15. The van der Waals surface area contributed by atoms with Gasteiger partial charge in [-0.15, -0.1) is 0 Å². The fourth-order valence-electron chi connectivity index (χ4n) is 3.50. The van der Waals surface area contributed by atoms with E-state index in [0.29, 0.717) is 38.5 Å². The molecule has 148 valence electrons. The molecule has 3 aromatic heterocycles. The standard InChI is InChI=1S/C22H15FN4O2S/c1-12(30-21-18-20(25-10-24-18)26-11-27-21)19-17(13-5-4-6-14(23)9-13)15-7-2-3-8-16(15)22(28)29-19/h2-12H,1H3,(H,24,25,26,27). The molecular weight excluding hydrogens is 403 g/mol. The van der Waals surface area contributed by atoms with Gasteiger partial charge in [0.15, 0.2) is 5.65 Å². The van der Waals surface area contributed by atoms with E-state index in [1.807, 2.05) is 25.1 Å². The number of aromatic amines is 1. The normalized spacial score (nSPS) is 12.5. The van der Waals surface area contributed by atoms with Crippen molar-refractivity contribution in [1.29, 1.82) is 0 Å². The summed E-state index contributed by atoms with van der Waals surface area (Å²) in [6.45, 7) is 1.92. The summed E-state index contributed by atoms with van der Waals surface area (Å²) >= 11 is 1.40. The number of hydrogen-bond donors (Lipinski definition) is 1. The van der Waals surface area contributed by atoms with Gasteiger partial charge >= 0.3 is 5.63 Å². The minimum Gasteiger partial charge on any atom is -0.426 e. The second-order valence-corrected chi connectivity index (χ2v) is 8.05. The maximum atomic E-state index is 14.0. The molecule has 5 rings (SSSR count). The summed E-state index contributed by atoms with van der Waals surface area (Å²) in [7, 11) is 0. The fraction of sp³-hybridized carbons (Fsp3) is 0.0909. The molecule has 0 fully saturated rings. The number of imidazole rings is 1. The average Bonchev–Trinajstić information content (AvgIpc) is 3.23. The summed E-state index contributed by atoms with van der Waals surface area (Å²) in [5, 5.41) is 1.54. The average molecular weight is 418 g/mol. The first-order valence-corrected chi connectivity index (χ1v) is 10.1. The molecule has 1 unspecified atom stereocenters. The van der Waals surface area contributed by atoms with Crippen LogP contribution in [0.2, 0.25) is 0 Å². The SMILES string of the molecule is CC(Sc1ncnc2[nH]cnc12)c1oc(=O)c2ccccc2c1-c1cccc(F)c1. The van der Waals surface area contributed by atoms with E-state index in [9.17, 15) is 9.18 Å². The van der Waals surface area contributed by atoms with Gasteiger partial charge in [0.05, 0.1) is 17.0 Å². The Morgan fingerprint density at radius 3 is 2.73 bits per heavy atom. The van der Waals surface area contributed by atoms with Crippen molar-refractivity contribution in [1.82, 2.24) is 19.9 Å². The first kappa shape index (κ1) is 18.5. The van der Waals surface area contributed by atoms with Crippen LogP contribution < -0.4 is 5.63 Å². The highest BCUT2D eigenvalue weighted by Crippen LogP contribution is 2.42. The molecule has 2 aromatic carbocycles. The molecule has 5 aromatic rings. The number of nitrogens with one attached hydrogen (secondary N) is 1. The Bertz CT molecular complexity index is 1450. The van der Waals surface area contributed by atoms with Crippen LogP contribution >= 0.6 is 11.8 Å². The lowest BCUT2D eigenvalue weighted by molar-refractivity contribution is 0.471. The Labute approximate surface area is 174 Å². The van der Waals surface area contributed by atoms with Gasteiger partial charge in [-0.3, -0.25) is 0 Å². The minimum atomic E-state index is -0.430. The van der Waals surface area contributed by atoms with Gasteiger partial charge in [0, 0.05) is 10.9 Å². The first-order valence-electron chi connectivity index (χ1n) is 9.24. The van der Waals surface area contributed by atoms with Crippen LogP contribution in [-0.2, 0) is 0 Å². The van der Waals surface area contributed by atoms with Gasteiger partial charge in [-0.1, -0.05) is 42.1 Å². The number of hydrogen-bond acceptors (Lipinski definition) is 6. The van der Waals surface area contributed by atoms with Gasteiger partial charge in [-0.25, -0.2) is 24.1 Å². The van der Waals surface area contributed by atoms with Crippen LogP contribution in [0.4, 0.5) is 4.39 Å². The maximum Gasteiger partial charge on any atom is 0.343 e. The molecule has 0 spiro atoms. The topological polar surface area (TPSA) is 84.7 Å². The van der Waals surface area contributed by atoms with Crippen molar-refractivity contribution >= 4 is 33.7 Å². The molecule has 30 heavy (non-hydrogen) atoms. The molecule has 0 bridgehead atoms. The maximum absolute atomic E-state index is 14.0. The molecular formula is C22H15FN4O2S. The number of benzene rings is 2. The van der Waals surface area contributed by atoms with Crippen LogP contribution in [0.1, 0.15) is 17.9 Å². The molecule has 6 nitrogen and oxygen atoms in total. The lowest BCUT2D eigenvalue weighted by Gasteiger charge is -2.16. The Balaban J connectivity index is 1.71. The summed E-state index contributed by atoms with van der Waals surface area (Å²) in [4.78, 5) is 28.4. The highest BCUT2D eigenvalue weighted by atomic mass is 32.2. The van der Waals surface area contributed by atoms with Crippen molar-refractivity contribution in [3.63, 3.8) is 0 Å². The molecule has 0 aliphatic rings. The van der Waals surface area contributed by atoms with Crippen molar-refractivity contribution in [3.05, 3.63) is 83.2 Å². The van der Waals surface area contributed by atoms with Gasteiger partial charge in [-0.2, -0.15) is 0 Å². The second kappa shape index (κ2) is 7.38. The Morgan fingerprint density at radius 2 is 1.90 bits per heavy atom. The molecule has 1 N–H and O–H groups in total. The monoisotopic (exact) mass is 418 g/mol. The minimum absolute atomic E-state index is 0.296. The zero-order valence-corrected chi connectivity index (χ0v) is 16.6. The predicted molar refractivity (Wildman–Crippen MR) is 114 cm³/mol. The molecule has 0 aliphatic carbocycles. The van der Waals surface area contributed by atoms with Crippen LogP contribution in [0.15, 0.2) is 75.4 Å². The molecule has 0 saturated carbocycles. The first-order chi connectivity index (χ1) is 14.6. The third-order valence-corrected chi connectivity index (χ3v) is 5.91. The number of H-pyrrole nitrogens is 1. The van der Waals surface area contributed by atoms with Crippen molar-refractivity contribution in [2.75, 3.05) is 0 Å². The van der Waals surface area contributed by atoms with Gasteiger partial charge < -0.3 is 9.40 Å². The highest BCUT2D eigenvalue weighted by Gasteiger charge is 2.23. The number of aromatic nitrogens is 4. The zero-order valence-electron chi connectivity index (χ0n) is 15.8. The highest BCUT2D eigenvalue weighted by molar-refractivity contribution is 7.99. The van der Waals surface area contributed by atoms with E-state index < -0.39 is 5.63 Å². The van der Waals surface area contributed by atoms with E-state index >= 15 is 0 Å². The number of nitrogens with zero attached hydrogens (tertiary/aromatic N) is 3. The summed E-state index contributed by atoms with van der Waals surface area (Å²) in [5.41, 5.74) is 2.18. The van der Waals surface area contributed by atoms with E-state index in [-0.39, 0.29) is 11.1 Å². The van der Waals surface area contributed by atoms with E-state index in [4.69, 9.17) is 4.42 Å². The Morgan fingerprint density at radius 1 is 1.07 bits per heavy atom. The van der Waals surface area contributed by atoms with Gasteiger partial charge in [0.25, 0.3) is 0 Å². The Kier molecular flexibility index (Phi) is 4.55. The van der Waals surface area contributed by atoms with E-state index in [1.54, 1.807) is 24.5 Å². The quantitative estimate of drug-likeness (QED) is 0.322. The van der Waals surface area contributed by atoms with Crippen molar-refractivity contribution in [3.8, 4) is 11.1 Å². The van der Waals surface area contributed by atoms with Crippen LogP contribution in [0.3, 0.4) is 0 Å². The lowest BCUT2D eigenvalue weighted by Crippen LogP contribution is -2.06. The molecule has 8 heteroatoms. The van der Waals surface area contributed by atoms with Crippen LogP contribution in [-0.4, -0.2) is 19.9 Å². The van der Waals surface area contributed by atoms with Crippen LogP contribution in [0.25, 0.3) is 33.1 Å². The van der Waals surface area contributed by atoms with Crippen LogP contribution in [0, 0.1) is 5.82 Å². The summed E-state index contributed by atoms with van der Waals surface area (Å²) in [5.74, 6) is 0.0969. The fourth-order valence-corrected chi connectivity index (χ4v) is 4.47. The van der Waals surface area contributed by atoms with E-state index in [2.05, 4.69) is 19.9 Å². The van der Waals surface area contributed by atoms with Crippen molar-refractivity contribution in [2.45, 2.75) is 17.2 Å². The molecule has 0 aliphatic heterocycles. The molecule has 0 amide bonds. The number of rotatable bonds is 4. The molecule has 3 heterocycles. The molecule has 1 atom stereocenters. The second-order valence-electron chi connectivity index (χ2n) is 6.72. The van der Waals surface area contributed by atoms with E-state index in [1.165, 1.54) is 30.2 Å². The third-order valence-electron chi connectivity index (χ3n) is 4.82. The summed E-state index contributed by atoms with van der Waals surface area (Å²) < 4.78 is 19.8. The lowest BCUT2D eigenvalue weighted by atomic mass is 9.97. The van der Waals surface area contributed by atoms with Gasteiger partial charge in [-0.05, 0) is 30.7 Å². The largest absolute Gasteiger partial charge is 0.426 e. The van der Waals surface area contributed by atoms with Crippen molar-refractivity contribution < 1.29 is 8.81 Å². The molecule has 0 radical (unpaired) electrons. The Hall–Kier alpha value is -3.52. The van der Waals surface area contributed by atoms with E-state index in [0.717, 1.165) is 5.39 Å². The van der Waals surface area contributed by atoms with Crippen LogP contribution in [0.5, 0.6) is 0 Å². The van der Waals surface area contributed by atoms with Gasteiger partial charge in [0.2, 0.25) is 0 Å². The number of halogens is 1. The predicted octanol–water partition coefficient (Wildman–Crippen LogP) is 5.12. The van der Waals surface area contributed by atoms with Crippen molar-refractivity contribution in [2.24, 2.45) is 0 Å². The molecule has 0 saturated heterocycles. The van der Waals surface area contributed by atoms with Gasteiger partial charge in [0.1, 0.15) is 28.4 Å².